The second-order valence-corrected chi connectivity index (χ2v) is 19.3. The van der Waals surface area contributed by atoms with Gasteiger partial charge in [0.1, 0.15) is 5.54 Å². The van der Waals surface area contributed by atoms with E-state index >= 15 is 0 Å². The van der Waals surface area contributed by atoms with Gasteiger partial charge in [0.15, 0.2) is 23.8 Å². The van der Waals surface area contributed by atoms with Crippen LogP contribution in [0.25, 0.3) is 0 Å². The van der Waals surface area contributed by atoms with Gasteiger partial charge >= 0.3 is 11.9 Å². The molecule has 0 fully saturated rings. The van der Waals surface area contributed by atoms with Gasteiger partial charge in [0.05, 0.1) is 51.9 Å². The van der Waals surface area contributed by atoms with Gasteiger partial charge in [-0.3, -0.25) is 28.8 Å². The third kappa shape index (κ3) is 19.5. The number of amides is 2. The zero-order chi connectivity index (χ0) is 52.8. The minimum Gasteiger partial charge on any atom is -0.454 e. The number of rotatable bonds is 25. The Bertz CT molecular complexity index is 2240. The predicted octanol–water partition coefficient (Wildman–Crippen LogP) is 5.87. The van der Waals surface area contributed by atoms with E-state index in [4.69, 9.17) is 19.7 Å². The van der Waals surface area contributed by atoms with Crippen LogP contribution in [-0.2, 0) is 38.2 Å². The maximum atomic E-state index is 13.3. The average molecular weight is 973 g/mol. The SMILES string of the molecule is CC1=C(/C=C/C(C)=C/C=C/C(C)=C/C=C/C=C(C)/C=C/C=C(C)/C=C/C2=C(C)C(=O)C(OC(=O)CCC(=O)NC(CO)(CO)CO)CC2(C)C)C(C)(C)CC(OC(=O)CCC(=O)NC(CO)CO)C1=O. The number of ether oxygens (including phenoxy) is 2. The Labute approximate surface area is 413 Å². The van der Waals surface area contributed by atoms with Gasteiger partial charge in [0.25, 0.3) is 0 Å². The number of hydrogen-bond donors (Lipinski definition) is 7. The van der Waals surface area contributed by atoms with E-state index in [0.29, 0.717) is 17.6 Å². The lowest BCUT2D eigenvalue weighted by atomic mass is 9.71. The summed E-state index contributed by atoms with van der Waals surface area (Å²) in [7, 11) is 0. The first-order valence-corrected chi connectivity index (χ1v) is 23.5. The standard InChI is InChI=1S/C55H76N2O13/c1-36(17-13-19-38(3)21-23-43-40(5)51(67)45(29-53(43,7)8)69-49(65)27-25-47(63)56-42(31-58)32-59)15-11-12-16-37(2)18-14-20-39(4)22-24-44-41(6)52(68)46(30-54(44,9)10)70-50(66)28-26-48(64)57-55(33-60,34-61)35-62/h11-24,42,45-46,58-62H,25-35H2,1-10H3,(H,56,63)(H,57,64)/b12-11+,17-13+,18-14+,23-21+,24-22+,36-15+,37-16+,38-19+,39-20+. The summed E-state index contributed by atoms with van der Waals surface area (Å²) < 4.78 is 11.0. The van der Waals surface area contributed by atoms with Crippen molar-refractivity contribution in [2.45, 2.75) is 132 Å². The molecule has 0 aromatic heterocycles. The highest BCUT2D eigenvalue weighted by molar-refractivity contribution is 6.02. The number of ketones is 2. The van der Waals surface area contributed by atoms with Crippen LogP contribution in [0.2, 0.25) is 0 Å². The molecule has 0 radical (unpaired) electrons. The van der Waals surface area contributed by atoms with Crippen molar-refractivity contribution < 1.29 is 63.8 Å². The van der Waals surface area contributed by atoms with Crippen LogP contribution >= 0.6 is 0 Å². The topological polar surface area (TPSA) is 246 Å². The molecule has 0 aromatic carbocycles. The molecule has 2 aliphatic carbocycles. The second-order valence-electron chi connectivity index (χ2n) is 19.3. The summed E-state index contributed by atoms with van der Waals surface area (Å²) in [5, 5.41) is 51.3. The Morgan fingerprint density at radius 3 is 1.31 bits per heavy atom. The van der Waals surface area contributed by atoms with E-state index in [-0.39, 0.29) is 43.7 Å². The quantitative estimate of drug-likeness (QED) is 0.0419. The zero-order valence-corrected chi connectivity index (χ0v) is 42.6. The molecule has 0 spiro atoms. The Hall–Kier alpha value is -5.84. The lowest BCUT2D eigenvalue weighted by Crippen LogP contribution is -2.57. The van der Waals surface area contributed by atoms with Crippen molar-refractivity contribution in [1.29, 1.82) is 0 Å². The summed E-state index contributed by atoms with van der Waals surface area (Å²) in [6.07, 6.45) is 25.0. The molecule has 0 aliphatic heterocycles. The molecule has 2 aliphatic rings. The first-order valence-electron chi connectivity index (χ1n) is 23.5. The Morgan fingerprint density at radius 1 is 0.586 bits per heavy atom. The smallest absolute Gasteiger partial charge is 0.307 e. The summed E-state index contributed by atoms with van der Waals surface area (Å²) in [6.45, 7) is 16.3. The predicted molar refractivity (Wildman–Crippen MR) is 269 cm³/mol. The van der Waals surface area contributed by atoms with Crippen molar-refractivity contribution in [3.05, 3.63) is 130 Å². The fraction of sp³-hybridized carbons (Fsp3) is 0.491. The van der Waals surface area contributed by atoms with E-state index in [2.05, 4.69) is 10.6 Å². The first-order chi connectivity index (χ1) is 32.9. The van der Waals surface area contributed by atoms with E-state index in [1.54, 1.807) is 13.8 Å². The molecule has 2 unspecified atom stereocenters. The fourth-order valence-corrected chi connectivity index (χ4v) is 7.70. The maximum Gasteiger partial charge on any atom is 0.307 e. The van der Waals surface area contributed by atoms with E-state index in [0.717, 1.165) is 33.4 Å². The Kier molecular flexibility index (Phi) is 24.7. The largest absolute Gasteiger partial charge is 0.454 e. The number of aliphatic hydroxyl groups is 5. The van der Waals surface area contributed by atoms with Crippen molar-refractivity contribution in [3.63, 3.8) is 0 Å². The molecule has 0 heterocycles. The van der Waals surface area contributed by atoms with Gasteiger partial charge in [-0.2, -0.15) is 0 Å². The number of nitrogens with one attached hydrogen (secondary N) is 2. The molecule has 15 heteroatoms. The van der Waals surface area contributed by atoms with Crippen LogP contribution in [0, 0.1) is 10.8 Å². The summed E-state index contributed by atoms with van der Waals surface area (Å²) in [5.41, 5.74) is 4.10. The van der Waals surface area contributed by atoms with Gasteiger partial charge < -0.3 is 45.6 Å². The highest BCUT2D eigenvalue weighted by Gasteiger charge is 2.41. The van der Waals surface area contributed by atoms with Gasteiger partial charge in [-0.1, -0.05) is 135 Å². The van der Waals surface area contributed by atoms with Gasteiger partial charge in [-0.15, -0.1) is 0 Å². The van der Waals surface area contributed by atoms with Gasteiger partial charge in [0.2, 0.25) is 11.8 Å². The number of hydrogen-bond acceptors (Lipinski definition) is 13. The van der Waals surface area contributed by atoms with Crippen molar-refractivity contribution in [2.75, 3.05) is 33.0 Å². The minimum atomic E-state index is -1.60. The summed E-state index contributed by atoms with van der Waals surface area (Å²) in [6, 6.07) is -0.807. The highest BCUT2D eigenvalue weighted by Crippen LogP contribution is 2.42. The van der Waals surface area contributed by atoms with Crippen LogP contribution in [0.15, 0.2) is 130 Å². The van der Waals surface area contributed by atoms with Crippen molar-refractivity contribution in [1.82, 2.24) is 10.6 Å². The molecular weight excluding hydrogens is 897 g/mol. The van der Waals surface area contributed by atoms with Crippen molar-refractivity contribution in [3.8, 4) is 0 Å². The highest BCUT2D eigenvalue weighted by atomic mass is 16.6. The molecule has 384 valence electrons. The Balaban J connectivity index is 1.95. The first kappa shape index (κ1) is 60.3. The molecule has 2 rings (SSSR count). The van der Waals surface area contributed by atoms with Crippen LogP contribution in [0.5, 0.6) is 0 Å². The van der Waals surface area contributed by atoms with E-state index in [1.165, 1.54) is 0 Å². The summed E-state index contributed by atoms with van der Waals surface area (Å²) >= 11 is 0. The maximum absolute atomic E-state index is 13.3. The lowest BCUT2D eigenvalue weighted by molar-refractivity contribution is -0.156. The molecule has 15 nitrogen and oxygen atoms in total. The Morgan fingerprint density at radius 2 is 0.943 bits per heavy atom. The zero-order valence-electron chi connectivity index (χ0n) is 42.6. The van der Waals surface area contributed by atoms with Crippen molar-refractivity contribution >= 4 is 35.3 Å². The second kappa shape index (κ2) is 28.7. The van der Waals surface area contributed by atoms with E-state index in [9.17, 15) is 44.1 Å². The summed E-state index contributed by atoms with van der Waals surface area (Å²) in [5.74, 6) is -3.17. The van der Waals surface area contributed by atoms with Crippen LogP contribution in [0.4, 0.5) is 0 Å². The average Bonchev–Trinajstić information content (AvgIpc) is 3.30. The number of aliphatic hydroxyl groups excluding tert-OH is 5. The van der Waals surface area contributed by atoms with Crippen LogP contribution in [-0.4, -0.2) is 118 Å². The molecule has 2 atom stereocenters. The fourth-order valence-electron chi connectivity index (χ4n) is 7.70. The molecule has 0 saturated carbocycles. The third-order valence-electron chi connectivity index (χ3n) is 12.1. The molecule has 0 aromatic rings. The van der Waals surface area contributed by atoms with Gasteiger partial charge in [0, 0.05) is 25.7 Å². The third-order valence-corrected chi connectivity index (χ3v) is 12.1. The van der Waals surface area contributed by atoms with Crippen LogP contribution < -0.4 is 10.6 Å². The molecular formula is C55H76N2O13. The summed E-state index contributed by atoms with van der Waals surface area (Å²) in [4.78, 5) is 75.9. The number of carbonyl (C=O) groups is 6. The number of Topliss-reactive ketones (excluding diaryl/α,β-unsaturated/α-hetero) is 2. The number of carbonyl (C=O) groups excluding carboxylic acids is 6. The van der Waals surface area contributed by atoms with E-state index in [1.807, 2.05) is 140 Å². The van der Waals surface area contributed by atoms with Crippen LogP contribution in [0.1, 0.15) is 108 Å². The molecule has 7 N–H and O–H groups in total. The molecule has 70 heavy (non-hydrogen) atoms. The number of esters is 2. The monoisotopic (exact) mass is 973 g/mol. The molecule has 2 amide bonds. The van der Waals surface area contributed by atoms with E-state index < -0.39 is 91.4 Å². The van der Waals surface area contributed by atoms with Crippen molar-refractivity contribution in [2.24, 2.45) is 10.8 Å². The molecule has 0 bridgehead atoms. The minimum absolute atomic E-state index is 0.196. The van der Waals surface area contributed by atoms with Gasteiger partial charge in [-0.05, 0) is 74.7 Å². The van der Waals surface area contributed by atoms with Crippen LogP contribution in [0.3, 0.4) is 0 Å². The number of allylic oxidation sites excluding steroid dienone is 20. The normalized spacial score (nSPS) is 19.8. The lowest BCUT2D eigenvalue weighted by Gasteiger charge is -2.36. The molecule has 0 saturated heterocycles. The van der Waals surface area contributed by atoms with Gasteiger partial charge in [-0.25, -0.2) is 0 Å².